The maximum Gasteiger partial charge on any atom is 0.173 e. The van der Waals surface area contributed by atoms with Crippen LogP contribution in [0.2, 0.25) is 4.34 Å². The highest BCUT2D eigenvalue weighted by atomic mass is 35.5. The molecule has 0 unspecified atom stereocenters. The molecule has 26 heavy (non-hydrogen) atoms. The van der Waals surface area contributed by atoms with Crippen molar-refractivity contribution in [2.75, 3.05) is 14.1 Å². The Morgan fingerprint density at radius 2 is 1.96 bits per heavy atom. The summed E-state index contributed by atoms with van der Waals surface area (Å²) in [5.41, 5.74) is 2.78. The molecule has 0 aliphatic heterocycles. The van der Waals surface area contributed by atoms with Gasteiger partial charge in [-0.05, 0) is 48.4 Å². The lowest BCUT2D eigenvalue weighted by Crippen LogP contribution is -2.21. The summed E-state index contributed by atoms with van der Waals surface area (Å²) >= 11 is 7.19. The van der Waals surface area contributed by atoms with E-state index >= 15 is 0 Å². The number of ketones is 1. The molecule has 0 fully saturated rings. The van der Waals surface area contributed by atoms with Crippen molar-refractivity contribution in [3.8, 4) is 5.69 Å². The molecule has 1 aromatic carbocycles. The Labute approximate surface area is 161 Å². The van der Waals surface area contributed by atoms with E-state index in [4.69, 9.17) is 17.0 Å². The number of carbonyl (C=O) groups excluding carboxylic acids is 1. The average molecular weight is 387 g/mol. The number of carbonyl (C=O) groups is 1. The molecule has 3 aromatic rings. The van der Waals surface area contributed by atoms with Gasteiger partial charge in [0.15, 0.2) is 5.78 Å². The lowest BCUT2D eigenvalue weighted by Gasteiger charge is -2.13. The number of benzene rings is 1. The Balaban J connectivity index is 1.64. The summed E-state index contributed by atoms with van der Waals surface area (Å²) in [6.07, 6.45) is 4.78. The molecule has 2 aromatic heterocycles. The van der Waals surface area contributed by atoms with Crippen LogP contribution in [0.15, 0.2) is 48.8 Å². The first-order chi connectivity index (χ1) is 12.4. The van der Waals surface area contributed by atoms with Crippen molar-refractivity contribution in [3.63, 3.8) is 0 Å². The van der Waals surface area contributed by atoms with E-state index < -0.39 is 0 Å². The third-order valence-electron chi connectivity index (χ3n) is 3.98. The van der Waals surface area contributed by atoms with Gasteiger partial charge in [-0.1, -0.05) is 11.6 Å². The summed E-state index contributed by atoms with van der Waals surface area (Å²) in [7, 11) is 3.70. The lowest BCUT2D eigenvalue weighted by atomic mass is 10.1. The molecular formula is C19H19ClN4OS. The average Bonchev–Trinajstić information content (AvgIpc) is 3.28. The normalized spacial score (nSPS) is 10.7. The van der Waals surface area contributed by atoms with Crippen molar-refractivity contribution in [3.05, 3.63) is 69.1 Å². The minimum Gasteiger partial charge on any atom is -0.363 e. The molecule has 2 heterocycles. The summed E-state index contributed by atoms with van der Waals surface area (Å²) in [4.78, 5) is 14.6. The van der Waals surface area contributed by atoms with Crippen molar-refractivity contribution in [1.82, 2.24) is 14.7 Å². The number of halogens is 1. The number of hydrogen-bond acceptors (Lipinski definition) is 4. The third kappa shape index (κ3) is 4.20. The predicted molar refractivity (Wildman–Crippen MR) is 106 cm³/mol. The molecule has 3 rings (SSSR count). The van der Waals surface area contributed by atoms with E-state index in [0.717, 1.165) is 16.8 Å². The number of amidine groups is 1. The molecule has 0 spiro atoms. The zero-order chi connectivity index (χ0) is 18.7. The van der Waals surface area contributed by atoms with E-state index in [1.54, 1.807) is 27.9 Å². The summed E-state index contributed by atoms with van der Waals surface area (Å²) in [5, 5.41) is 12.4. The van der Waals surface area contributed by atoms with Gasteiger partial charge in [-0.25, -0.2) is 4.68 Å². The Kier molecular flexibility index (Phi) is 5.54. The Hall–Kier alpha value is -2.44. The molecule has 0 aliphatic carbocycles. The molecule has 0 aliphatic rings. The van der Waals surface area contributed by atoms with Gasteiger partial charge in [-0.15, -0.1) is 11.3 Å². The SMILES string of the molecule is CN(C)C(=N)c1ccc(-n2cc(CCC(=O)c3ccc(Cl)s3)cn2)cc1. The van der Waals surface area contributed by atoms with E-state index in [-0.39, 0.29) is 5.78 Å². The largest absolute Gasteiger partial charge is 0.363 e. The second kappa shape index (κ2) is 7.85. The van der Waals surface area contributed by atoms with Crippen molar-refractivity contribution in [2.45, 2.75) is 12.8 Å². The fraction of sp³-hybridized carbons (Fsp3) is 0.211. The fourth-order valence-corrected chi connectivity index (χ4v) is 3.52. The summed E-state index contributed by atoms with van der Waals surface area (Å²) in [6, 6.07) is 11.2. The van der Waals surface area contributed by atoms with Crippen LogP contribution in [0.4, 0.5) is 0 Å². The number of Topliss-reactive ketones (excluding diaryl/α,β-unsaturated/α-hetero) is 1. The van der Waals surface area contributed by atoms with Crippen molar-refractivity contribution in [2.24, 2.45) is 0 Å². The molecule has 0 atom stereocenters. The first-order valence-corrected chi connectivity index (χ1v) is 9.32. The van der Waals surface area contributed by atoms with E-state index in [9.17, 15) is 4.79 Å². The van der Waals surface area contributed by atoms with E-state index in [1.165, 1.54) is 11.3 Å². The van der Waals surface area contributed by atoms with Crippen LogP contribution in [-0.4, -0.2) is 40.4 Å². The first kappa shape index (κ1) is 18.4. The number of aromatic nitrogens is 2. The van der Waals surface area contributed by atoms with Gasteiger partial charge in [0.25, 0.3) is 0 Å². The summed E-state index contributed by atoms with van der Waals surface area (Å²) < 4.78 is 2.41. The maximum absolute atomic E-state index is 12.2. The molecule has 0 amide bonds. The zero-order valence-electron chi connectivity index (χ0n) is 14.6. The Morgan fingerprint density at radius 1 is 1.23 bits per heavy atom. The fourth-order valence-electron chi connectivity index (χ4n) is 2.51. The molecule has 5 nitrogen and oxygen atoms in total. The number of nitrogens with one attached hydrogen (secondary N) is 1. The van der Waals surface area contributed by atoms with Gasteiger partial charge >= 0.3 is 0 Å². The molecule has 1 N–H and O–H groups in total. The van der Waals surface area contributed by atoms with Crippen LogP contribution in [0, 0.1) is 5.41 Å². The minimum atomic E-state index is 0.0983. The highest BCUT2D eigenvalue weighted by molar-refractivity contribution is 7.18. The van der Waals surface area contributed by atoms with Gasteiger partial charge in [0.05, 0.1) is 21.1 Å². The third-order valence-corrected chi connectivity index (χ3v) is 5.25. The number of thiophene rings is 1. The number of nitrogens with zero attached hydrogens (tertiary/aromatic N) is 3. The van der Waals surface area contributed by atoms with Crippen LogP contribution in [0.1, 0.15) is 27.2 Å². The van der Waals surface area contributed by atoms with Gasteiger partial charge < -0.3 is 4.90 Å². The van der Waals surface area contributed by atoms with E-state index in [1.807, 2.05) is 44.6 Å². The predicted octanol–water partition coefficient (Wildman–Crippen LogP) is 4.29. The van der Waals surface area contributed by atoms with Crippen LogP contribution in [0.5, 0.6) is 0 Å². The number of aryl methyl sites for hydroxylation is 1. The van der Waals surface area contributed by atoms with Gasteiger partial charge in [0.1, 0.15) is 5.84 Å². The van der Waals surface area contributed by atoms with Crippen molar-refractivity contribution < 1.29 is 4.79 Å². The van der Waals surface area contributed by atoms with Crippen LogP contribution in [0.25, 0.3) is 5.69 Å². The maximum atomic E-state index is 12.2. The Bertz CT molecular complexity index is 927. The van der Waals surface area contributed by atoms with E-state index in [0.29, 0.717) is 27.9 Å². The Morgan fingerprint density at radius 3 is 2.58 bits per heavy atom. The highest BCUT2D eigenvalue weighted by Gasteiger charge is 2.10. The van der Waals surface area contributed by atoms with Crippen molar-refractivity contribution in [1.29, 1.82) is 5.41 Å². The second-order valence-corrected chi connectivity index (χ2v) is 7.83. The number of rotatable bonds is 6. The summed E-state index contributed by atoms with van der Waals surface area (Å²) in [6.45, 7) is 0. The van der Waals surface area contributed by atoms with Crippen molar-refractivity contribution >= 4 is 34.6 Å². The van der Waals surface area contributed by atoms with Crippen LogP contribution in [-0.2, 0) is 6.42 Å². The van der Waals surface area contributed by atoms with Gasteiger partial charge in [0.2, 0.25) is 0 Å². The first-order valence-electron chi connectivity index (χ1n) is 8.13. The number of hydrogen-bond donors (Lipinski definition) is 1. The lowest BCUT2D eigenvalue weighted by molar-refractivity contribution is 0.0986. The molecular weight excluding hydrogens is 368 g/mol. The minimum absolute atomic E-state index is 0.0983. The molecule has 0 saturated heterocycles. The van der Waals surface area contributed by atoms with Crippen LogP contribution < -0.4 is 0 Å². The van der Waals surface area contributed by atoms with E-state index in [2.05, 4.69) is 5.10 Å². The van der Waals surface area contributed by atoms with Crippen LogP contribution in [0.3, 0.4) is 0 Å². The highest BCUT2D eigenvalue weighted by Crippen LogP contribution is 2.23. The quantitative estimate of drug-likeness (QED) is 0.390. The molecule has 0 saturated carbocycles. The van der Waals surface area contributed by atoms with Gasteiger partial charge in [-0.2, -0.15) is 5.10 Å². The topological polar surface area (TPSA) is 62.0 Å². The van der Waals surface area contributed by atoms with Gasteiger partial charge in [0, 0.05) is 32.3 Å². The molecule has 7 heteroatoms. The van der Waals surface area contributed by atoms with Crippen LogP contribution >= 0.6 is 22.9 Å². The van der Waals surface area contributed by atoms with Gasteiger partial charge in [-0.3, -0.25) is 10.2 Å². The summed E-state index contributed by atoms with van der Waals surface area (Å²) in [5.74, 6) is 0.561. The standard InChI is InChI=1S/C19H19ClN4OS/c1-23(2)19(21)14-4-6-15(7-5-14)24-12-13(11-22-24)3-8-16(25)17-9-10-18(20)26-17/h4-7,9-12,21H,3,8H2,1-2H3. The molecule has 134 valence electrons. The monoisotopic (exact) mass is 386 g/mol. The second-order valence-electron chi connectivity index (χ2n) is 6.11. The molecule has 0 radical (unpaired) electrons. The molecule has 0 bridgehead atoms. The zero-order valence-corrected chi connectivity index (χ0v) is 16.1. The smallest absolute Gasteiger partial charge is 0.173 e.